The molecule has 106 valence electrons. The van der Waals surface area contributed by atoms with Crippen LogP contribution in [0, 0.1) is 0 Å². The van der Waals surface area contributed by atoms with Gasteiger partial charge in [0, 0.05) is 49.5 Å². The molecule has 0 bridgehead atoms. The summed E-state index contributed by atoms with van der Waals surface area (Å²) in [5, 5.41) is 0.980. The Balaban J connectivity index is 1.98. The number of rotatable bonds is 2. The SMILES string of the molecule is CCC(=O)N1CCN(c2nc(C(C)(C)C)ns2)CC1. The van der Waals surface area contributed by atoms with E-state index in [1.807, 2.05) is 11.8 Å². The van der Waals surface area contributed by atoms with E-state index >= 15 is 0 Å². The van der Waals surface area contributed by atoms with Gasteiger partial charge in [0.2, 0.25) is 11.0 Å². The highest BCUT2D eigenvalue weighted by Crippen LogP contribution is 2.25. The number of hydrogen-bond donors (Lipinski definition) is 0. The Labute approximate surface area is 118 Å². The molecule has 1 aromatic heterocycles. The average Bonchev–Trinajstić information content (AvgIpc) is 2.87. The number of anilines is 1. The minimum absolute atomic E-state index is 0.00521. The molecule has 1 saturated heterocycles. The van der Waals surface area contributed by atoms with Gasteiger partial charge < -0.3 is 9.80 Å². The zero-order valence-corrected chi connectivity index (χ0v) is 13.0. The van der Waals surface area contributed by atoms with Crippen LogP contribution in [0.1, 0.15) is 39.9 Å². The van der Waals surface area contributed by atoms with Crippen molar-refractivity contribution in [1.29, 1.82) is 0 Å². The smallest absolute Gasteiger partial charge is 0.222 e. The van der Waals surface area contributed by atoms with Crippen LogP contribution < -0.4 is 4.90 Å². The largest absolute Gasteiger partial charge is 0.343 e. The molecule has 0 radical (unpaired) electrons. The molecule has 1 aliphatic rings. The molecule has 0 aromatic carbocycles. The summed E-state index contributed by atoms with van der Waals surface area (Å²) in [5.74, 6) is 1.15. The van der Waals surface area contributed by atoms with Crippen LogP contribution in [0.3, 0.4) is 0 Å². The van der Waals surface area contributed by atoms with Gasteiger partial charge in [-0.15, -0.1) is 0 Å². The molecular weight excluding hydrogens is 260 g/mol. The van der Waals surface area contributed by atoms with Gasteiger partial charge in [0.1, 0.15) is 5.82 Å². The van der Waals surface area contributed by atoms with Crippen LogP contribution in [0.25, 0.3) is 0 Å². The van der Waals surface area contributed by atoms with Crippen LogP contribution >= 0.6 is 11.5 Å². The van der Waals surface area contributed by atoms with Gasteiger partial charge in [-0.3, -0.25) is 4.79 Å². The number of carbonyl (C=O) groups is 1. The molecule has 0 atom stereocenters. The summed E-state index contributed by atoms with van der Waals surface area (Å²) in [7, 11) is 0. The second-order valence-electron chi connectivity index (χ2n) is 5.87. The van der Waals surface area contributed by atoms with Crippen molar-refractivity contribution in [2.24, 2.45) is 0 Å². The molecule has 6 heteroatoms. The third-order valence-corrected chi connectivity index (χ3v) is 4.07. The third-order valence-electron chi connectivity index (χ3n) is 3.29. The van der Waals surface area contributed by atoms with Crippen molar-refractivity contribution >= 4 is 22.6 Å². The van der Waals surface area contributed by atoms with Gasteiger partial charge in [0.15, 0.2) is 0 Å². The zero-order chi connectivity index (χ0) is 14.0. The highest BCUT2D eigenvalue weighted by molar-refractivity contribution is 7.09. The molecule has 1 amide bonds. The van der Waals surface area contributed by atoms with Crippen molar-refractivity contribution in [2.45, 2.75) is 39.5 Å². The maximum atomic E-state index is 11.6. The molecular formula is C13H22N4OS. The molecule has 2 heterocycles. The molecule has 1 aromatic rings. The lowest BCUT2D eigenvalue weighted by atomic mass is 9.96. The summed E-state index contributed by atoms with van der Waals surface area (Å²) >= 11 is 1.46. The van der Waals surface area contributed by atoms with Gasteiger partial charge in [-0.25, -0.2) is 4.98 Å². The topological polar surface area (TPSA) is 49.3 Å². The van der Waals surface area contributed by atoms with Gasteiger partial charge in [-0.2, -0.15) is 4.37 Å². The predicted octanol–water partition coefficient (Wildman–Crippen LogP) is 1.89. The molecule has 5 nitrogen and oxygen atoms in total. The standard InChI is InChI=1S/C13H22N4OS/c1-5-10(18)16-6-8-17(9-7-16)12-14-11(15-19-12)13(2,3)4/h5-9H2,1-4H3. The normalized spacial score (nSPS) is 16.8. The number of piperazine rings is 1. The minimum atomic E-state index is -0.00521. The third kappa shape index (κ3) is 3.23. The monoisotopic (exact) mass is 282 g/mol. The first-order valence-corrected chi connectivity index (χ1v) is 7.56. The lowest BCUT2D eigenvalue weighted by Crippen LogP contribution is -2.48. The van der Waals surface area contributed by atoms with Crippen molar-refractivity contribution < 1.29 is 4.79 Å². The van der Waals surface area contributed by atoms with E-state index in [1.54, 1.807) is 0 Å². The first-order valence-electron chi connectivity index (χ1n) is 6.78. The van der Waals surface area contributed by atoms with Crippen LogP contribution in [-0.4, -0.2) is 46.3 Å². The lowest BCUT2D eigenvalue weighted by molar-refractivity contribution is -0.131. The molecule has 0 spiro atoms. The Morgan fingerprint density at radius 1 is 1.26 bits per heavy atom. The summed E-state index contributed by atoms with van der Waals surface area (Å²) in [4.78, 5) is 20.4. The summed E-state index contributed by atoms with van der Waals surface area (Å²) in [6.07, 6.45) is 0.590. The Hall–Kier alpha value is -1.17. The van der Waals surface area contributed by atoms with E-state index < -0.39 is 0 Å². The number of hydrogen-bond acceptors (Lipinski definition) is 5. The van der Waals surface area contributed by atoms with E-state index in [0.717, 1.165) is 37.1 Å². The van der Waals surface area contributed by atoms with Gasteiger partial charge in [-0.05, 0) is 0 Å². The summed E-state index contributed by atoms with van der Waals surface area (Å²) in [6, 6.07) is 0. The molecule has 0 aliphatic carbocycles. The van der Waals surface area contributed by atoms with Crippen LogP contribution in [0.5, 0.6) is 0 Å². The fraction of sp³-hybridized carbons (Fsp3) is 0.769. The predicted molar refractivity (Wildman–Crippen MR) is 77.7 cm³/mol. The second-order valence-corrected chi connectivity index (χ2v) is 6.60. The Morgan fingerprint density at radius 3 is 2.37 bits per heavy atom. The maximum Gasteiger partial charge on any atom is 0.222 e. The Morgan fingerprint density at radius 2 is 1.89 bits per heavy atom. The number of nitrogens with zero attached hydrogens (tertiary/aromatic N) is 4. The first-order chi connectivity index (χ1) is 8.91. The van der Waals surface area contributed by atoms with Crippen LogP contribution in [0.15, 0.2) is 0 Å². The highest BCUT2D eigenvalue weighted by Gasteiger charge is 2.25. The second kappa shape index (κ2) is 5.45. The minimum Gasteiger partial charge on any atom is -0.343 e. The average molecular weight is 282 g/mol. The van der Waals surface area contributed by atoms with Gasteiger partial charge >= 0.3 is 0 Å². The highest BCUT2D eigenvalue weighted by atomic mass is 32.1. The van der Waals surface area contributed by atoms with Crippen molar-refractivity contribution in [3.63, 3.8) is 0 Å². The van der Waals surface area contributed by atoms with Gasteiger partial charge in [0.05, 0.1) is 0 Å². The van der Waals surface area contributed by atoms with E-state index in [-0.39, 0.29) is 11.3 Å². The quantitative estimate of drug-likeness (QED) is 0.831. The van der Waals surface area contributed by atoms with Crippen LogP contribution in [-0.2, 0) is 10.2 Å². The van der Waals surface area contributed by atoms with E-state index in [2.05, 4.69) is 35.0 Å². The van der Waals surface area contributed by atoms with Crippen molar-refractivity contribution in [3.8, 4) is 0 Å². The molecule has 1 fully saturated rings. The summed E-state index contributed by atoms with van der Waals surface area (Å²) in [5.41, 5.74) is -0.00521. The molecule has 1 aliphatic heterocycles. The summed E-state index contributed by atoms with van der Waals surface area (Å²) in [6.45, 7) is 11.6. The molecule has 19 heavy (non-hydrogen) atoms. The molecule has 2 rings (SSSR count). The molecule has 0 N–H and O–H groups in total. The van der Waals surface area contributed by atoms with E-state index in [1.165, 1.54) is 11.5 Å². The van der Waals surface area contributed by atoms with Gasteiger partial charge in [-0.1, -0.05) is 27.7 Å². The zero-order valence-electron chi connectivity index (χ0n) is 12.1. The Kier molecular flexibility index (Phi) is 4.08. The van der Waals surface area contributed by atoms with Crippen LogP contribution in [0.2, 0.25) is 0 Å². The van der Waals surface area contributed by atoms with Crippen LogP contribution in [0.4, 0.5) is 5.13 Å². The maximum absolute atomic E-state index is 11.6. The number of carbonyl (C=O) groups excluding carboxylic acids is 1. The molecule has 0 unspecified atom stereocenters. The van der Waals surface area contributed by atoms with E-state index in [0.29, 0.717) is 6.42 Å². The molecule has 0 saturated carbocycles. The fourth-order valence-electron chi connectivity index (χ4n) is 2.02. The first kappa shape index (κ1) is 14.2. The van der Waals surface area contributed by atoms with Gasteiger partial charge in [0.25, 0.3) is 0 Å². The number of aromatic nitrogens is 2. The van der Waals surface area contributed by atoms with Crippen molar-refractivity contribution in [3.05, 3.63) is 5.82 Å². The van der Waals surface area contributed by atoms with E-state index in [9.17, 15) is 4.79 Å². The summed E-state index contributed by atoms with van der Waals surface area (Å²) < 4.78 is 4.44. The number of amides is 1. The lowest BCUT2D eigenvalue weighted by Gasteiger charge is -2.34. The van der Waals surface area contributed by atoms with Crippen molar-refractivity contribution in [1.82, 2.24) is 14.3 Å². The van der Waals surface area contributed by atoms with Crippen molar-refractivity contribution in [2.75, 3.05) is 31.1 Å². The fourth-order valence-corrected chi connectivity index (χ4v) is 2.93. The Bertz CT molecular complexity index is 444. The van der Waals surface area contributed by atoms with E-state index in [4.69, 9.17) is 0 Å².